The lowest BCUT2D eigenvalue weighted by atomic mass is 10.1. The number of amides is 1. The van der Waals surface area contributed by atoms with Gasteiger partial charge in [-0.05, 0) is 38.1 Å². The van der Waals surface area contributed by atoms with Gasteiger partial charge in [-0.25, -0.2) is 9.18 Å². The number of ether oxygens (including phenoxy) is 1. The number of anilines is 1. The van der Waals surface area contributed by atoms with Gasteiger partial charge in [-0.1, -0.05) is 29.8 Å². The van der Waals surface area contributed by atoms with Crippen LogP contribution in [0, 0.1) is 5.82 Å². The molecule has 0 unspecified atom stereocenters. The molecule has 0 fully saturated rings. The molecule has 0 saturated heterocycles. The lowest BCUT2D eigenvalue weighted by molar-refractivity contribution is -0.123. The number of Topliss-reactive ketones (excluding diaryl/α,β-unsaturated/α-hetero) is 1. The first kappa shape index (κ1) is 18.6. The molecule has 0 aliphatic carbocycles. The minimum atomic E-state index is -1.19. The van der Waals surface area contributed by atoms with Gasteiger partial charge in [0.2, 0.25) is 0 Å². The van der Waals surface area contributed by atoms with Crippen LogP contribution in [0.25, 0.3) is 0 Å². The second-order valence-corrected chi connectivity index (χ2v) is 5.68. The van der Waals surface area contributed by atoms with E-state index in [4.69, 9.17) is 16.3 Å². The van der Waals surface area contributed by atoms with Crippen LogP contribution in [0.5, 0.6) is 0 Å². The summed E-state index contributed by atoms with van der Waals surface area (Å²) in [5.41, 5.74) is 0.382. The van der Waals surface area contributed by atoms with Crippen molar-refractivity contribution in [1.29, 1.82) is 0 Å². The molecule has 1 atom stereocenters. The third-order valence-electron chi connectivity index (χ3n) is 3.36. The van der Waals surface area contributed by atoms with Crippen molar-refractivity contribution in [3.8, 4) is 0 Å². The van der Waals surface area contributed by atoms with Crippen LogP contribution in [0.15, 0.2) is 42.5 Å². The molecule has 0 heterocycles. The molecule has 1 N–H and O–H groups in total. The maximum absolute atomic E-state index is 13.7. The van der Waals surface area contributed by atoms with Gasteiger partial charge in [-0.15, -0.1) is 0 Å². The summed E-state index contributed by atoms with van der Waals surface area (Å²) in [6.07, 6.45) is -1.19. The minimum absolute atomic E-state index is 0.105. The Morgan fingerprint density at radius 3 is 2.48 bits per heavy atom. The topological polar surface area (TPSA) is 72.5 Å². The summed E-state index contributed by atoms with van der Waals surface area (Å²) < 4.78 is 18.7. The van der Waals surface area contributed by atoms with E-state index in [0.717, 1.165) is 6.07 Å². The van der Waals surface area contributed by atoms with E-state index in [2.05, 4.69) is 5.32 Å². The van der Waals surface area contributed by atoms with E-state index >= 15 is 0 Å². The van der Waals surface area contributed by atoms with E-state index in [1.807, 2.05) is 0 Å². The summed E-state index contributed by atoms with van der Waals surface area (Å²) in [5, 5.41) is 2.42. The fourth-order valence-corrected chi connectivity index (χ4v) is 2.27. The Hall–Kier alpha value is -2.73. The van der Waals surface area contributed by atoms with Crippen LogP contribution in [-0.2, 0) is 9.53 Å². The number of nitrogens with one attached hydrogen (secondary N) is 1. The number of carbonyl (C=O) groups is 3. The summed E-state index contributed by atoms with van der Waals surface area (Å²) in [6, 6.07) is 10.1. The summed E-state index contributed by atoms with van der Waals surface area (Å²) in [4.78, 5) is 35.5. The summed E-state index contributed by atoms with van der Waals surface area (Å²) in [5.74, 6) is -2.64. The Bertz CT molecular complexity index is 817. The zero-order valence-corrected chi connectivity index (χ0v) is 14.3. The van der Waals surface area contributed by atoms with Crippen molar-refractivity contribution in [2.75, 3.05) is 5.32 Å². The Morgan fingerprint density at radius 2 is 1.84 bits per heavy atom. The molecular weight excluding hydrogens is 349 g/mol. The first-order valence-electron chi connectivity index (χ1n) is 7.36. The van der Waals surface area contributed by atoms with Gasteiger partial charge < -0.3 is 10.1 Å². The standard InChI is InChI=1S/C18H15ClFNO4/c1-10(22)12-5-3-6-13(9-12)21-17(23)11(2)25-18(24)16-14(19)7-4-8-15(16)20/h3-9,11H,1-2H3,(H,21,23)/t11-/m1/s1. The van der Waals surface area contributed by atoms with E-state index in [1.54, 1.807) is 18.2 Å². The highest BCUT2D eigenvalue weighted by atomic mass is 35.5. The molecule has 5 nitrogen and oxygen atoms in total. The molecule has 0 saturated carbocycles. The van der Waals surface area contributed by atoms with Crippen LogP contribution in [-0.4, -0.2) is 23.8 Å². The Kier molecular flexibility index (Phi) is 5.88. The Balaban J connectivity index is 2.06. The van der Waals surface area contributed by atoms with Gasteiger partial charge in [0, 0.05) is 11.3 Å². The van der Waals surface area contributed by atoms with E-state index in [9.17, 15) is 18.8 Å². The molecule has 25 heavy (non-hydrogen) atoms. The van der Waals surface area contributed by atoms with Gasteiger partial charge in [0.25, 0.3) is 5.91 Å². The molecule has 0 bridgehead atoms. The molecule has 130 valence electrons. The fourth-order valence-electron chi connectivity index (χ4n) is 2.03. The highest BCUT2D eigenvalue weighted by molar-refractivity contribution is 6.33. The average molecular weight is 364 g/mol. The number of rotatable bonds is 5. The summed E-state index contributed by atoms with van der Waals surface area (Å²) in [7, 11) is 0. The molecule has 7 heteroatoms. The number of carbonyl (C=O) groups excluding carboxylic acids is 3. The second-order valence-electron chi connectivity index (χ2n) is 5.27. The smallest absolute Gasteiger partial charge is 0.343 e. The highest BCUT2D eigenvalue weighted by Crippen LogP contribution is 2.20. The largest absolute Gasteiger partial charge is 0.449 e. The zero-order valence-electron chi connectivity index (χ0n) is 13.5. The number of hydrogen-bond donors (Lipinski definition) is 1. The quantitative estimate of drug-likeness (QED) is 0.646. The van der Waals surface area contributed by atoms with Crippen LogP contribution in [0.4, 0.5) is 10.1 Å². The molecule has 0 aliphatic rings. The predicted octanol–water partition coefficient (Wildman–Crippen LogP) is 3.87. The third kappa shape index (κ3) is 4.64. The van der Waals surface area contributed by atoms with Crippen LogP contribution in [0.3, 0.4) is 0 Å². The predicted molar refractivity (Wildman–Crippen MR) is 91.4 cm³/mol. The number of ketones is 1. The first-order valence-corrected chi connectivity index (χ1v) is 7.74. The van der Waals surface area contributed by atoms with E-state index in [0.29, 0.717) is 11.3 Å². The van der Waals surface area contributed by atoms with Crippen molar-refractivity contribution in [3.63, 3.8) is 0 Å². The zero-order chi connectivity index (χ0) is 18.6. The maximum Gasteiger partial charge on any atom is 0.343 e. The van der Waals surface area contributed by atoms with Gasteiger partial charge >= 0.3 is 5.97 Å². The van der Waals surface area contributed by atoms with Crippen LogP contribution < -0.4 is 5.32 Å². The summed E-state index contributed by atoms with van der Waals surface area (Å²) in [6.45, 7) is 2.75. The fraction of sp³-hybridized carbons (Fsp3) is 0.167. The molecular formula is C18H15ClFNO4. The van der Waals surface area contributed by atoms with Crippen molar-refractivity contribution >= 4 is 34.9 Å². The number of halogens is 2. The molecule has 2 rings (SSSR count). The second kappa shape index (κ2) is 7.90. The monoisotopic (exact) mass is 363 g/mol. The van der Waals surface area contributed by atoms with Crippen LogP contribution in [0.2, 0.25) is 5.02 Å². The number of esters is 1. The SMILES string of the molecule is CC(=O)c1cccc(NC(=O)[C@@H](C)OC(=O)c2c(F)cccc2Cl)c1. The molecule has 0 spiro atoms. The highest BCUT2D eigenvalue weighted by Gasteiger charge is 2.23. The van der Waals surface area contributed by atoms with Gasteiger partial charge in [0.15, 0.2) is 11.9 Å². The first-order chi connectivity index (χ1) is 11.8. The molecule has 0 radical (unpaired) electrons. The third-order valence-corrected chi connectivity index (χ3v) is 3.67. The van der Waals surface area contributed by atoms with Crippen molar-refractivity contribution < 1.29 is 23.5 Å². The number of benzene rings is 2. The lowest BCUT2D eigenvalue weighted by Crippen LogP contribution is -2.30. The maximum atomic E-state index is 13.7. The molecule has 2 aromatic rings. The van der Waals surface area contributed by atoms with E-state index in [1.165, 1.54) is 32.0 Å². The van der Waals surface area contributed by atoms with Gasteiger partial charge in [-0.3, -0.25) is 9.59 Å². The molecule has 2 aromatic carbocycles. The molecule has 0 aromatic heterocycles. The van der Waals surface area contributed by atoms with Crippen molar-refractivity contribution in [2.24, 2.45) is 0 Å². The Morgan fingerprint density at radius 1 is 1.16 bits per heavy atom. The minimum Gasteiger partial charge on any atom is -0.449 e. The molecule has 1 amide bonds. The normalized spacial score (nSPS) is 11.5. The molecule has 0 aliphatic heterocycles. The van der Waals surface area contributed by atoms with Gasteiger partial charge in [0.1, 0.15) is 11.4 Å². The van der Waals surface area contributed by atoms with E-state index in [-0.39, 0.29) is 10.8 Å². The number of hydrogen-bond acceptors (Lipinski definition) is 4. The van der Waals surface area contributed by atoms with Crippen LogP contribution in [0.1, 0.15) is 34.6 Å². The van der Waals surface area contributed by atoms with Crippen molar-refractivity contribution in [2.45, 2.75) is 20.0 Å². The van der Waals surface area contributed by atoms with Crippen molar-refractivity contribution in [1.82, 2.24) is 0 Å². The van der Waals surface area contributed by atoms with Gasteiger partial charge in [-0.2, -0.15) is 0 Å². The Labute approximate surface area is 148 Å². The summed E-state index contributed by atoms with van der Waals surface area (Å²) >= 11 is 5.79. The van der Waals surface area contributed by atoms with Crippen molar-refractivity contribution in [3.05, 3.63) is 64.4 Å². The van der Waals surface area contributed by atoms with Gasteiger partial charge in [0.05, 0.1) is 5.02 Å². The lowest BCUT2D eigenvalue weighted by Gasteiger charge is -2.14. The average Bonchev–Trinajstić information content (AvgIpc) is 2.54. The van der Waals surface area contributed by atoms with E-state index < -0.39 is 29.4 Å². The van der Waals surface area contributed by atoms with Crippen LogP contribution >= 0.6 is 11.6 Å².